The standard InChI is InChI=1S/C19H17ClN2O3/c20-15-4-1-3-14(11-15)16(23)6-7-18(24)22-10-9-21-8-2-5-17(21)19(22)12-25-13-19/h1-8,11H,9-10,12-13H2/b7-6+. The first-order chi connectivity index (χ1) is 12.1. The van der Waals surface area contributed by atoms with Crippen LogP contribution in [0.5, 0.6) is 0 Å². The third-order valence-electron chi connectivity index (χ3n) is 4.82. The Morgan fingerprint density at radius 1 is 1.12 bits per heavy atom. The Morgan fingerprint density at radius 3 is 2.68 bits per heavy atom. The molecule has 2 aliphatic rings. The third kappa shape index (κ3) is 2.69. The van der Waals surface area contributed by atoms with Crippen LogP contribution in [0.2, 0.25) is 5.02 Å². The highest BCUT2D eigenvalue weighted by molar-refractivity contribution is 6.31. The molecule has 0 radical (unpaired) electrons. The molecule has 1 fully saturated rings. The Labute approximate surface area is 150 Å². The van der Waals surface area contributed by atoms with Gasteiger partial charge in [0.15, 0.2) is 5.78 Å². The first kappa shape index (κ1) is 16.1. The van der Waals surface area contributed by atoms with Crippen LogP contribution in [0.4, 0.5) is 0 Å². The zero-order valence-corrected chi connectivity index (χ0v) is 14.3. The molecule has 4 rings (SSSR count). The first-order valence-corrected chi connectivity index (χ1v) is 8.51. The fraction of sp³-hybridized carbons (Fsp3) is 0.263. The van der Waals surface area contributed by atoms with Crippen molar-refractivity contribution in [2.24, 2.45) is 0 Å². The van der Waals surface area contributed by atoms with E-state index in [4.69, 9.17) is 16.3 Å². The Morgan fingerprint density at radius 2 is 1.96 bits per heavy atom. The minimum absolute atomic E-state index is 0.175. The summed E-state index contributed by atoms with van der Waals surface area (Å²) < 4.78 is 7.58. The molecule has 6 heteroatoms. The molecule has 1 amide bonds. The molecule has 0 N–H and O–H groups in total. The van der Waals surface area contributed by atoms with Crippen LogP contribution in [0, 0.1) is 0 Å². The van der Waals surface area contributed by atoms with Gasteiger partial charge in [-0.05, 0) is 30.3 Å². The molecular formula is C19H17ClN2O3. The molecule has 0 unspecified atom stereocenters. The van der Waals surface area contributed by atoms with Gasteiger partial charge in [-0.2, -0.15) is 0 Å². The van der Waals surface area contributed by atoms with Crippen LogP contribution in [-0.4, -0.2) is 40.9 Å². The molecule has 2 aliphatic heterocycles. The van der Waals surface area contributed by atoms with Gasteiger partial charge in [0.05, 0.1) is 13.2 Å². The maximum Gasteiger partial charge on any atom is 0.247 e. The predicted octanol–water partition coefficient (Wildman–Crippen LogP) is 2.65. The number of carbonyl (C=O) groups excluding carboxylic acids is 2. The summed E-state index contributed by atoms with van der Waals surface area (Å²) in [5.41, 5.74) is 1.14. The molecule has 128 valence electrons. The van der Waals surface area contributed by atoms with Gasteiger partial charge >= 0.3 is 0 Å². The van der Waals surface area contributed by atoms with E-state index in [1.54, 1.807) is 24.3 Å². The Kier molecular flexibility index (Phi) is 3.98. The lowest BCUT2D eigenvalue weighted by Crippen LogP contribution is -2.64. The summed E-state index contributed by atoms with van der Waals surface area (Å²) in [6.07, 6.45) is 4.69. The number of hydrogen-bond acceptors (Lipinski definition) is 3. The fourth-order valence-corrected chi connectivity index (χ4v) is 3.68. The van der Waals surface area contributed by atoms with Crippen molar-refractivity contribution in [3.05, 3.63) is 71.0 Å². The van der Waals surface area contributed by atoms with E-state index in [9.17, 15) is 9.59 Å². The summed E-state index contributed by atoms with van der Waals surface area (Å²) in [4.78, 5) is 26.8. The topological polar surface area (TPSA) is 51.5 Å². The smallest absolute Gasteiger partial charge is 0.247 e. The van der Waals surface area contributed by atoms with Crippen LogP contribution < -0.4 is 0 Å². The van der Waals surface area contributed by atoms with Crippen LogP contribution in [0.25, 0.3) is 0 Å². The molecular weight excluding hydrogens is 340 g/mol. The minimum atomic E-state index is -0.414. The van der Waals surface area contributed by atoms with Gasteiger partial charge in [-0.25, -0.2) is 0 Å². The van der Waals surface area contributed by atoms with Gasteiger partial charge in [0.2, 0.25) is 5.91 Å². The molecule has 5 nitrogen and oxygen atoms in total. The van der Waals surface area contributed by atoms with E-state index in [0.29, 0.717) is 30.3 Å². The van der Waals surface area contributed by atoms with E-state index >= 15 is 0 Å². The lowest BCUT2D eigenvalue weighted by Gasteiger charge is -2.52. The minimum Gasteiger partial charge on any atom is -0.376 e. The van der Waals surface area contributed by atoms with Gasteiger partial charge in [-0.1, -0.05) is 23.7 Å². The highest BCUT2D eigenvalue weighted by Gasteiger charge is 2.50. The van der Waals surface area contributed by atoms with E-state index in [-0.39, 0.29) is 11.7 Å². The number of hydrogen-bond donors (Lipinski definition) is 0. The van der Waals surface area contributed by atoms with E-state index in [0.717, 1.165) is 12.2 Å². The first-order valence-electron chi connectivity index (χ1n) is 8.13. The molecule has 3 heterocycles. The number of amides is 1. The third-order valence-corrected chi connectivity index (χ3v) is 5.06. The molecule has 0 saturated carbocycles. The summed E-state index contributed by atoms with van der Waals surface area (Å²) >= 11 is 5.91. The molecule has 2 aromatic rings. The summed E-state index contributed by atoms with van der Waals surface area (Å²) in [6.45, 7) is 2.31. The molecule has 0 bridgehead atoms. The number of fused-ring (bicyclic) bond motifs is 2. The van der Waals surface area contributed by atoms with Gasteiger partial charge in [0.1, 0.15) is 5.54 Å². The summed E-state index contributed by atoms with van der Waals surface area (Å²) in [7, 11) is 0. The number of nitrogens with zero attached hydrogens (tertiary/aromatic N) is 2. The second-order valence-corrected chi connectivity index (χ2v) is 6.75. The van der Waals surface area contributed by atoms with Crippen molar-refractivity contribution in [1.82, 2.24) is 9.47 Å². The molecule has 0 aliphatic carbocycles. The van der Waals surface area contributed by atoms with Crippen molar-refractivity contribution in [2.45, 2.75) is 12.1 Å². The van der Waals surface area contributed by atoms with Crippen molar-refractivity contribution in [2.75, 3.05) is 19.8 Å². The molecule has 25 heavy (non-hydrogen) atoms. The number of ether oxygens (including phenoxy) is 1. The lowest BCUT2D eigenvalue weighted by atomic mass is 9.88. The second-order valence-electron chi connectivity index (χ2n) is 6.31. The van der Waals surface area contributed by atoms with Gasteiger partial charge in [0, 0.05) is 41.6 Å². The number of halogens is 1. The normalized spacial score (nSPS) is 18.2. The maximum atomic E-state index is 12.7. The summed E-state index contributed by atoms with van der Waals surface area (Å²) in [6, 6.07) is 10.7. The SMILES string of the molecule is O=C(/C=C/C(=O)N1CCn2cccc2C12COC2)c1cccc(Cl)c1. The molecule has 1 aromatic carbocycles. The van der Waals surface area contributed by atoms with Crippen LogP contribution in [0.3, 0.4) is 0 Å². The predicted molar refractivity (Wildman–Crippen MR) is 93.6 cm³/mol. The van der Waals surface area contributed by atoms with Crippen molar-refractivity contribution < 1.29 is 14.3 Å². The molecule has 1 saturated heterocycles. The number of aromatic nitrogens is 1. The van der Waals surface area contributed by atoms with Gasteiger partial charge in [0.25, 0.3) is 0 Å². The number of carbonyl (C=O) groups is 2. The highest BCUT2D eigenvalue weighted by Crippen LogP contribution is 2.39. The van der Waals surface area contributed by atoms with E-state index in [1.165, 1.54) is 12.2 Å². The lowest BCUT2D eigenvalue weighted by molar-refractivity contribution is -0.174. The van der Waals surface area contributed by atoms with E-state index in [2.05, 4.69) is 4.57 Å². The van der Waals surface area contributed by atoms with Crippen LogP contribution in [0.15, 0.2) is 54.7 Å². The monoisotopic (exact) mass is 356 g/mol. The Hall–Kier alpha value is -2.37. The highest BCUT2D eigenvalue weighted by atomic mass is 35.5. The Balaban J connectivity index is 1.54. The number of ketones is 1. The zero-order chi connectivity index (χ0) is 17.4. The average molecular weight is 357 g/mol. The summed E-state index contributed by atoms with van der Waals surface area (Å²) in [5.74, 6) is -0.415. The van der Waals surface area contributed by atoms with E-state index in [1.807, 2.05) is 23.2 Å². The maximum absolute atomic E-state index is 12.7. The van der Waals surface area contributed by atoms with Crippen molar-refractivity contribution >= 4 is 23.3 Å². The average Bonchev–Trinajstić information content (AvgIpc) is 3.05. The van der Waals surface area contributed by atoms with E-state index < -0.39 is 5.54 Å². The quantitative estimate of drug-likeness (QED) is 0.627. The van der Waals surface area contributed by atoms with Crippen LogP contribution in [0.1, 0.15) is 16.1 Å². The van der Waals surface area contributed by atoms with Crippen molar-refractivity contribution in [3.63, 3.8) is 0 Å². The fourth-order valence-electron chi connectivity index (χ4n) is 3.49. The van der Waals surface area contributed by atoms with Crippen LogP contribution >= 0.6 is 11.6 Å². The molecule has 1 spiro atoms. The van der Waals surface area contributed by atoms with Gasteiger partial charge in [-0.15, -0.1) is 0 Å². The molecule has 0 atom stereocenters. The van der Waals surface area contributed by atoms with Gasteiger partial charge < -0.3 is 14.2 Å². The number of benzene rings is 1. The largest absolute Gasteiger partial charge is 0.376 e. The van der Waals surface area contributed by atoms with Gasteiger partial charge in [-0.3, -0.25) is 9.59 Å². The van der Waals surface area contributed by atoms with Crippen LogP contribution in [-0.2, 0) is 21.6 Å². The second kappa shape index (κ2) is 6.17. The van der Waals surface area contributed by atoms with Crippen molar-refractivity contribution in [1.29, 1.82) is 0 Å². The van der Waals surface area contributed by atoms with Crippen molar-refractivity contribution in [3.8, 4) is 0 Å². The zero-order valence-electron chi connectivity index (χ0n) is 13.5. The number of allylic oxidation sites excluding steroid dienone is 1. The Bertz CT molecular complexity index is 867. The molecule has 1 aromatic heterocycles. The number of rotatable bonds is 3. The summed E-state index contributed by atoms with van der Waals surface area (Å²) in [5, 5.41) is 0.493.